The van der Waals surface area contributed by atoms with E-state index in [1.54, 1.807) is 18.5 Å². The lowest BCUT2D eigenvalue weighted by Gasteiger charge is -2.40. The van der Waals surface area contributed by atoms with Crippen molar-refractivity contribution in [2.24, 2.45) is 0 Å². The Morgan fingerprint density at radius 1 is 1.06 bits per heavy atom. The zero-order chi connectivity index (χ0) is 25.1. The maximum atomic E-state index is 13.8. The fourth-order valence-corrected chi connectivity index (χ4v) is 5.07. The number of pyridine rings is 1. The number of benzene rings is 2. The number of nitrogens with zero attached hydrogens (tertiary/aromatic N) is 4. The maximum absolute atomic E-state index is 13.8. The third kappa shape index (κ3) is 4.79. The normalized spacial score (nSPS) is 16.1. The molecule has 6 nitrogen and oxygen atoms in total. The smallest absolute Gasteiger partial charge is 0.270 e. The Morgan fingerprint density at radius 2 is 1.86 bits per heavy atom. The van der Waals surface area contributed by atoms with Gasteiger partial charge in [-0.25, -0.2) is 0 Å². The number of rotatable bonds is 6. The highest BCUT2D eigenvalue weighted by molar-refractivity contribution is 5.99. The Balaban J connectivity index is 1.36. The molecule has 2 aromatic carbocycles. The number of fused-ring (bicyclic) bond motifs is 1. The van der Waals surface area contributed by atoms with Crippen LogP contribution in [0.1, 0.15) is 44.5 Å². The molecular weight excluding hydrogens is 448 g/mol. The summed E-state index contributed by atoms with van der Waals surface area (Å²) in [7, 11) is 0. The topological polar surface area (TPSA) is 58.4 Å². The lowest BCUT2D eigenvalue weighted by atomic mass is 10.1. The van der Waals surface area contributed by atoms with Crippen molar-refractivity contribution in [1.29, 1.82) is 0 Å². The Bertz CT molecular complexity index is 1450. The molecule has 4 aromatic rings. The van der Waals surface area contributed by atoms with Gasteiger partial charge in [0.2, 0.25) is 0 Å². The Hall–Kier alpha value is -4.21. The number of para-hydroxylation sites is 1. The Kier molecular flexibility index (Phi) is 6.66. The van der Waals surface area contributed by atoms with E-state index < -0.39 is 0 Å². The number of amides is 1. The summed E-state index contributed by atoms with van der Waals surface area (Å²) in [6, 6.07) is 19.7. The summed E-state index contributed by atoms with van der Waals surface area (Å²) < 4.78 is 2.11. The van der Waals surface area contributed by atoms with Crippen LogP contribution in [0.2, 0.25) is 0 Å². The summed E-state index contributed by atoms with van der Waals surface area (Å²) >= 11 is 0. The number of aldehydes is 1. The number of hydrogen-bond acceptors (Lipinski definition) is 4. The van der Waals surface area contributed by atoms with Gasteiger partial charge >= 0.3 is 0 Å². The highest BCUT2D eigenvalue weighted by Crippen LogP contribution is 2.24. The number of piperazine rings is 1. The molecule has 6 heteroatoms. The highest BCUT2D eigenvalue weighted by Gasteiger charge is 2.30. The van der Waals surface area contributed by atoms with Gasteiger partial charge in [-0.2, -0.15) is 0 Å². The van der Waals surface area contributed by atoms with Crippen molar-refractivity contribution >= 4 is 23.1 Å². The number of carbonyl (C=O) groups excluding carboxylic acids is 2. The summed E-state index contributed by atoms with van der Waals surface area (Å²) in [5.74, 6) is 2.67. The third-order valence-electron chi connectivity index (χ3n) is 6.82. The SMILES string of the molecule is C#Cc1cc(C=O)cc(CN2CCN(C(=O)c3cc4ccccc4n3Cc3ccncc3)[C@@H](C)C2)c1. The average Bonchev–Trinajstić information content (AvgIpc) is 3.27. The Morgan fingerprint density at radius 3 is 2.61 bits per heavy atom. The van der Waals surface area contributed by atoms with Crippen LogP contribution < -0.4 is 0 Å². The van der Waals surface area contributed by atoms with E-state index in [0.29, 0.717) is 36.5 Å². The van der Waals surface area contributed by atoms with E-state index in [4.69, 9.17) is 6.42 Å². The number of terminal acetylenes is 1. The van der Waals surface area contributed by atoms with Gasteiger partial charge in [-0.05, 0) is 60.5 Å². The second kappa shape index (κ2) is 10.2. The van der Waals surface area contributed by atoms with Crippen LogP contribution in [0, 0.1) is 12.3 Å². The first-order valence-corrected chi connectivity index (χ1v) is 12.1. The van der Waals surface area contributed by atoms with E-state index in [9.17, 15) is 9.59 Å². The minimum absolute atomic E-state index is 0.0417. The molecule has 3 heterocycles. The molecule has 1 atom stereocenters. The summed E-state index contributed by atoms with van der Waals surface area (Å²) in [4.78, 5) is 33.5. The van der Waals surface area contributed by atoms with Crippen LogP contribution in [0.25, 0.3) is 10.9 Å². The quantitative estimate of drug-likeness (QED) is 0.309. The van der Waals surface area contributed by atoms with Crippen molar-refractivity contribution in [1.82, 2.24) is 19.4 Å². The molecule has 0 aliphatic carbocycles. The van der Waals surface area contributed by atoms with Crippen LogP contribution >= 0.6 is 0 Å². The molecule has 0 N–H and O–H groups in total. The van der Waals surface area contributed by atoms with E-state index in [2.05, 4.69) is 39.4 Å². The predicted octanol–water partition coefficient (Wildman–Crippen LogP) is 4.22. The summed E-state index contributed by atoms with van der Waals surface area (Å²) in [6.45, 7) is 5.51. The lowest BCUT2D eigenvalue weighted by Crippen LogP contribution is -2.53. The van der Waals surface area contributed by atoms with Crippen molar-refractivity contribution in [3.8, 4) is 12.3 Å². The van der Waals surface area contributed by atoms with Gasteiger partial charge in [-0.15, -0.1) is 6.42 Å². The summed E-state index contributed by atoms with van der Waals surface area (Å²) in [6.07, 6.45) is 9.95. The molecule has 1 aliphatic rings. The molecule has 36 heavy (non-hydrogen) atoms. The van der Waals surface area contributed by atoms with Gasteiger partial charge in [0.05, 0.1) is 0 Å². The monoisotopic (exact) mass is 476 g/mol. The molecular formula is C30H28N4O2. The number of carbonyl (C=O) groups is 2. The zero-order valence-electron chi connectivity index (χ0n) is 20.3. The first-order valence-electron chi connectivity index (χ1n) is 12.1. The van der Waals surface area contributed by atoms with E-state index >= 15 is 0 Å². The third-order valence-corrected chi connectivity index (χ3v) is 6.82. The van der Waals surface area contributed by atoms with Gasteiger partial charge in [0.1, 0.15) is 12.0 Å². The minimum atomic E-state index is 0.0417. The van der Waals surface area contributed by atoms with Gasteiger partial charge in [0, 0.05) is 73.2 Å². The van der Waals surface area contributed by atoms with Gasteiger partial charge in [-0.3, -0.25) is 19.5 Å². The average molecular weight is 477 g/mol. The van der Waals surface area contributed by atoms with Gasteiger partial charge in [-0.1, -0.05) is 24.1 Å². The van der Waals surface area contributed by atoms with E-state index in [0.717, 1.165) is 41.4 Å². The van der Waals surface area contributed by atoms with Crippen molar-refractivity contribution in [2.75, 3.05) is 19.6 Å². The molecule has 0 spiro atoms. The molecule has 1 amide bonds. The predicted molar refractivity (Wildman–Crippen MR) is 141 cm³/mol. The van der Waals surface area contributed by atoms with Crippen LogP contribution in [0.15, 0.2) is 73.1 Å². The van der Waals surface area contributed by atoms with Crippen molar-refractivity contribution in [3.05, 3.63) is 101 Å². The van der Waals surface area contributed by atoms with E-state index in [1.165, 1.54) is 0 Å². The fourth-order valence-electron chi connectivity index (χ4n) is 5.07. The number of hydrogen-bond donors (Lipinski definition) is 0. The van der Waals surface area contributed by atoms with E-state index in [-0.39, 0.29) is 11.9 Å². The second-order valence-corrected chi connectivity index (χ2v) is 9.34. The van der Waals surface area contributed by atoms with Crippen molar-refractivity contribution in [2.45, 2.75) is 26.1 Å². The lowest BCUT2D eigenvalue weighted by molar-refractivity contribution is 0.0466. The van der Waals surface area contributed by atoms with Crippen LogP contribution in [-0.2, 0) is 13.1 Å². The molecule has 0 saturated carbocycles. The molecule has 1 fully saturated rings. The molecule has 1 saturated heterocycles. The maximum Gasteiger partial charge on any atom is 0.270 e. The van der Waals surface area contributed by atoms with E-state index in [1.807, 2.05) is 47.4 Å². The Labute approximate surface area is 211 Å². The molecule has 0 bridgehead atoms. The van der Waals surface area contributed by atoms with Gasteiger partial charge < -0.3 is 9.47 Å². The van der Waals surface area contributed by atoms with Crippen LogP contribution in [0.5, 0.6) is 0 Å². The standard InChI is InChI=1S/C30H28N4O2/c1-3-23-14-25(16-26(15-23)21-35)19-32-12-13-33(22(2)18-32)30(36)29-17-27-6-4-5-7-28(27)34(29)20-24-8-10-31-11-9-24/h1,4-11,14-17,21-22H,12-13,18-20H2,2H3/t22-/m0/s1. The van der Waals surface area contributed by atoms with Crippen molar-refractivity contribution < 1.29 is 9.59 Å². The fraction of sp³-hybridized carbons (Fsp3) is 0.233. The largest absolute Gasteiger partial charge is 0.332 e. The van der Waals surface area contributed by atoms with Gasteiger partial charge in [0.15, 0.2) is 0 Å². The van der Waals surface area contributed by atoms with Crippen molar-refractivity contribution in [3.63, 3.8) is 0 Å². The molecule has 0 unspecified atom stereocenters. The molecule has 0 radical (unpaired) electrons. The second-order valence-electron chi connectivity index (χ2n) is 9.34. The molecule has 180 valence electrons. The van der Waals surface area contributed by atoms with Crippen LogP contribution in [0.3, 0.4) is 0 Å². The number of aromatic nitrogens is 2. The van der Waals surface area contributed by atoms with Gasteiger partial charge in [0.25, 0.3) is 5.91 Å². The summed E-state index contributed by atoms with van der Waals surface area (Å²) in [5, 5.41) is 1.06. The molecule has 2 aromatic heterocycles. The summed E-state index contributed by atoms with van der Waals surface area (Å²) in [5.41, 5.74) is 5.15. The minimum Gasteiger partial charge on any atom is -0.332 e. The molecule has 5 rings (SSSR count). The molecule has 1 aliphatic heterocycles. The highest BCUT2D eigenvalue weighted by atomic mass is 16.2. The zero-order valence-corrected chi connectivity index (χ0v) is 20.3. The van der Waals surface area contributed by atoms with Crippen LogP contribution in [0.4, 0.5) is 0 Å². The van der Waals surface area contributed by atoms with Crippen LogP contribution in [-0.4, -0.2) is 57.2 Å². The first-order chi connectivity index (χ1) is 17.6. The first kappa shape index (κ1) is 23.5.